The topological polar surface area (TPSA) is 108 Å². The monoisotopic (exact) mass is 405 g/mol. The van der Waals surface area contributed by atoms with Crippen molar-refractivity contribution in [1.29, 1.82) is 0 Å². The molecule has 0 atom stereocenters. The number of nitrogens with one attached hydrogen (secondary N) is 1. The smallest absolute Gasteiger partial charge is 0.266 e. The van der Waals surface area contributed by atoms with Gasteiger partial charge in [0.05, 0.1) is 17.9 Å². The molecular weight excluding hydrogens is 389 g/mol. The molecule has 0 unspecified atom stereocenters. The molecule has 2 heterocycles. The molecule has 0 saturated heterocycles. The lowest BCUT2D eigenvalue weighted by molar-refractivity contribution is 0.0951. The third-order valence-corrected chi connectivity index (χ3v) is 4.34. The zero-order valence-corrected chi connectivity index (χ0v) is 15.6. The quantitative estimate of drug-likeness (QED) is 0.520. The summed E-state index contributed by atoms with van der Waals surface area (Å²) >= 11 is 0. The van der Waals surface area contributed by atoms with Gasteiger partial charge in [0.15, 0.2) is 0 Å². The van der Waals surface area contributed by atoms with Gasteiger partial charge < -0.3 is 5.32 Å². The van der Waals surface area contributed by atoms with E-state index in [0.717, 1.165) is 0 Å². The normalized spacial score (nSPS) is 10.7. The van der Waals surface area contributed by atoms with E-state index in [-0.39, 0.29) is 30.4 Å². The van der Waals surface area contributed by atoms with Gasteiger partial charge in [0, 0.05) is 23.7 Å². The summed E-state index contributed by atoms with van der Waals surface area (Å²) in [5, 5.41) is 18.0. The van der Waals surface area contributed by atoms with E-state index in [4.69, 9.17) is 0 Å². The molecule has 1 N–H and O–H groups in total. The van der Waals surface area contributed by atoms with Crippen LogP contribution in [-0.2, 0) is 6.54 Å². The number of hydrogen-bond acceptors (Lipinski definition) is 6. The molecule has 0 saturated carbocycles. The van der Waals surface area contributed by atoms with E-state index >= 15 is 0 Å². The molecule has 4 rings (SSSR count). The maximum atomic E-state index is 13.1. The number of tetrazole rings is 1. The summed E-state index contributed by atoms with van der Waals surface area (Å²) < 4.78 is 15.8. The summed E-state index contributed by atoms with van der Waals surface area (Å²) in [6.07, 6.45) is 1.43. The number of carbonyl (C=O) groups excluding carboxylic acids is 1. The third kappa shape index (κ3) is 4.27. The second-order valence-electron chi connectivity index (χ2n) is 6.35. The van der Waals surface area contributed by atoms with Crippen molar-refractivity contribution >= 4 is 5.91 Å². The summed E-state index contributed by atoms with van der Waals surface area (Å²) in [6, 6.07) is 15.6. The number of hydrogen-bond donors (Lipinski definition) is 1. The first-order valence-corrected chi connectivity index (χ1v) is 9.06. The Morgan fingerprint density at radius 2 is 1.90 bits per heavy atom. The van der Waals surface area contributed by atoms with Crippen molar-refractivity contribution in [1.82, 2.24) is 35.3 Å². The number of nitrogens with zero attached hydrogens (tertiary/aromatic N) is 6. The zero-order chi connectivity index (χ0) is 20.9. The molecule has 150 valence electrons. The molecule has 0 radical (unpaired) electrons. The highest BCUT2D eigenvalue weighted by Gasteiger charge is 2.09. The van der Waals surface area contributed by atoms with Crippen LogP contribution >= 0.6 is 0 Å². The minimum atomic E-state index is -0.348. The first-order chi connectivity index (χ1) is 14.6. The van der Waals surface area contributed by atoms with Gasteiger partial charge in [0.1, 0.15) is 12.1 Å². The number of aromatic nitrogens is 6. The van der Waals surface area contributed by atoms with Gasteiger partial charge in [-0.1, -0.05) is 6.07 Å². The minimum Gasteiger partial charge on any atom is -0.350 e. The molecule has 1 amide bonds. The molecule has 0 aliphatic rings. The summed E-state index contributed by atoms with van der Waals surface area (Å²) in [5.74, 6) is -0.647. The second kappa shape index (κ2) is 8.43. The van der Waals surface area contributed by atoms with Gasteiger partial charge in [-0.2, -0.15) is 5.10 Å². The fraction of sp³-hybridized carbons (Fsp3) is 0.100. The summed E-state index contributed by atoms with van der Waals surface area (Å²) in [5.41, 5.74) is 2.01. The fourth-order valence-electron chi connectivity index (χ4n) is 2.83. The van der Waals surface area contributed by atoms with Gasteiger partial charge in [-0.3, -0.25) is 9.59 Å². The molecule has 0 spiro atoms. The lowest BCUT2D eigenvalue weighted by Crippen LogP contribution is -2.32. The van der Waals surface area contributed by atoms with E-state index in [1.807, 2.05) is 0 Å². The maximum absolute atomic E-state index is 13.1. The summed E-state index contributed by atoms with van der Waals surface area (Å²) in [4.78, 5) is 24.5. The SMILES string of the molecule is O=C(NCCn1nc(-c2ccc(F)cc2)ccc1=O)c1cccc(-n2cnnn2)c1. The van der Waals surface area contributed by atoms with Crippen molar-refractivity contribution in [3.63, 3.8) is 0 Å². The van der Waals surface area contributed by atoms with Crippen LogP contribution in [0.4, 0.5) is 4.39 Å². The molecule has 4 aromatic rings. The Morgan fingerprint density at radius 1 is 1.07 bits per heavy atom. The summed E-state index contributed by atoms with van der Waals surface area (Å²) in [7, 11) is 0. The van der Waals surface area contributed by atoms with Crippen LogP contribution in [0.2, 0.25) is 0 Å². The van der Waals surface area contributed by atoms with E-state index in [1.165, 1.54) is 33.9 Å². The van der Waals surface area contributed by atoms with E-state index in [9.17, 15) is 14.0 Å². The predicted molar refractivity (Wildman–Crippen MR) is 105 cm³/mol. The van der Waals surface area contributed by atoms with E-state index < -0.39 is 0 Å². The zero-order valence-electron chi connectivity index (χ0n) is 15.6. The van der Waals surface area contributed by atoms with Crippen molar-refractivity contribution in [3.05, 3.63) is 88.7 Å². The van der Waals surface area contributed by atoms with E-state index in [2.05, 4.69) is 25.9 Å². The Hall–Kier alpha value is -4.21. The molecule has 2 aromatic heterocycles. The number of amides is 1. The average Bonchev–Trinajstić information content (AvgIpc) is 3.31. The van der Waals surface area contributed by atoms with Gasteiger partial charge in [0.25, 0.3) is 11.5 Å². The van der Waals surface area contributed by atoms with Crippen LogP contribution in [0.15, 0.2) is 71.8 Å². The average molecular weight is 405 g/mol. The standard InChI is InChI=1S/C20H16FN7O2/c21-16-6-4-14(5-7-16)18-8-9-19(29)27(24-18)11-10-22-20(30)15-2-1-3-17(12-15)28-13-23-25-26-28/h1-9,12-13H,10-11H2,(H,22,30). The first-order valence-electron chi connectivity index (χ1n) is 9.06. The largest absolute Gasteiger partial charge is 0.350 e. The lowest BCUT2D eigenvalue weighted by atomic mass is 10.1. The highest BCUT2D eigenvalue weighted by Crippen LogP contribution is 2.15. The van der Waals surface area contributed by atoms with Gasteiger partial charge in [0.2, 0.25) is 0 Å². The number of benzene rings is 2. The van der Waals surface area contributed by atoms with Crippen LogP contribution in [0, 0.1) is 5.82 Å². The Kier molecular flexibility index (Phi) is 5.37. The van der Waals surface area contributed by atoms with Crippen molar-refractivity contribution in [2.24, 2.45) is 0 Å². The molecule has 9 nitrogen and oxygen atoms in total. The van der Waals surface area contributed by atoms with E-state index in [1.54, 1.807) is 42.5 Å². The van der Waals surface area contributed by atoms with Crippen LogP contribution in [-0.4, -0.2) is 42.4 Å². The Balaban J connectivity index is 1.42. The highest BCUT2D eigenvalue weighted by atomic mass is 19.1. The highest BCUT2D eigenvalue weighted by molar-refractivity contribution is 5.94. The molecular formula is C20H16FN7O2. The van der Waals surface area contributed by atoms with Gasteiger partial charge >= 0.3 is 0 Å². The summed E-state index contributed by atoms with van der Waals surface area (Å²) in [6.45, 7) is 0.389. The van der Waals surface area contributed by atoms with Crippen molar-refractivity contribution in [3.8, 4) is 16.9 Å². The van der Waals surface area contributed by atoms with Gasteiger partial charge in [-0.05, 0) is 59.0 Å². The fourth-order valence-corrected chi connectivity index (χ4v) is 2.83. The molecule has 0 aliphatic heterocycles. The molecule has 10 heteroatoms. The van der Waals surface area contributed by atoms with Crippen molar-refractivity contribution in [2.75, 3.05) is 6.54 Å². The number of halogens is 1. The van der Waals surface area contributed by atoms with Gasteiger partial charge in [-0.15, -0.1) is 5.10 Å². The van der Waals surface area contributed by atoms with Crippen LogP contribution < -0.4 is 10.9 Å². The van der Waals surface area contributed by atoms with Crippen LogP contribution in [0.5, 0.6) is 0 Å². The molecule has 0 fully saturated rings. The van der Waals surface area contributed by atoms with Crippen LogP contribution in [0.25, 0.3) is 16.9 Å². The third-order valence-electron chi connectivity index (χ3n) is 4.34. The number of rotatable bonds is 6. The second-order valence-corrected chi connectivity index (χ2v) is 6.35. The van der Waals surface area contributed by atoms with Crippen molar-refractivity contribution < 1.29 is 9.18 Å². The lowest BCUT2D eigenvalue weighted by Gasteiger charge is -2.09. The van der Waals surface area contributed by atoms with Crippen LogP contribution in [0.3, 0.4) is 0 Å². The van der Waals surface area contributed by atoms with Gasteiger partial charge in [-0.25, -0.2) is 13.8 Å². The van der Waals surface area contributed by atoms with Crippen molar-refractivity contribution in [2.45, 2.75) is 6.54 Å². The molecule has 30 heavy (non-hydrogen) atoms. The predicted octanol–water partition coefficient (Wildman–Crippen LogP) is 1.46. The Bertz CT molecular complexity index is 1220. The first kappa shape index (κ1) is 19.1. The molecule has 0 aliphatic carbocycles. The Labute approximate surface area is 169 Å². The minimum absolute atomic E-state index is 0.187. The number of carbonyl (C=O) groups is 1. The van der Waals surface area contributed by atoms with Crippen LogP contribution in [0.1, 0.15) is 10.4 Å². The maximum Gasteiger partial charge on any atom is 0.266 e. The molecule has 2 aromatic carbocycles. The van der Waals surface area contributed by atoms with E-state index in [0.29, 0.717) is 22.5 Å². The Morgan fingerprint density at radius 3 is 2.67 bits per heavy atom. The molecule has 0 bridgehead atoms.